The van der Waals surface area contributed by atoms with Gasteiger partial charge in [0.2, 0.25) is 0 Å². The van der Waals surface area contributed by atoms with Crippen molar-refractivity contribution < 1.29 is 31.4 Å². The Morgan fingerprint density at radius 1 is 1.15 bits per heavy atom. The summed E-state index contributed by atoms with van der Waals surface area (Å²) in [5.41, 5.74) is -0.223. The zero-order valence-corrected chi connectivity index (χ0v) is 15.1. The topological polar surface area (TPSA) is 75.6 Å². The lowest BCUT2D eigenvalue weighted by atomic mass is 10.1. The molecule has 2 aromatic carbocycles. The lowest BCUT2D eigenvalue weighted by molar-refractivity contribution is -0.137. The third-order valence-electron chi connectivity index (χ3n) is 3.43. The van der Waals surface area contributed by atoms with Crippen molar-refractivity contribution in [3.8, 4) is 5.75 Å². The lowest BCUT2D eigenvalue weighted by Gasteiger charge is -2.15. The van der Waals surface area contributed by atoms with Gasteiger partial charge in [-0.1, -0.05) is 29.8 Å². The van der Waals surface area contributed by atoms with Crippen LogP contribution in [0.15, 0.2) is 47.9 Å². The van der Waals surface area contributed by atoms with Crippen molar-refractivity contribution in [2.45, 2.75) is 13.1 Å². The molecule has 0 aromatic heterocycles. The van der Waals surface area contributed by atoms with Gasteiger partial charge in [0, 0.05) is 0 Å². The van der Waals surface area contributed by atoms with Crippen LogP contribution in [0.25, 0.3) is 6.08 Å². The number of nitrogens with one attached hydrogen (secondary N) is 1. The van der Waals surface area contributed by atoms with Gasteiger partial charge in [0.15, 0.2) is 0 Å². The van der Waals surface area contributed by atoms with Crippen molar-refractivity contribution in [2.75, 3.05) is 17.9 Å². The predicted octanol–water partition coefficient (Wildman–Crippen LogP) is 3.80. The number of sulfonamides is 1. The Morgan fingerprint density at radius 3 is 2.41 bits per heavy atom. The van der Waals surface area contributed by atoms with E-state index in [2.05, 4.69) is 0 Å². The van der Waals surface area contributed by atoms with Crippen molar-refractivity contribution in [1.82, 2.24) is 0 Å². The molecule has 0 amide bonds. The number of aryl methyl sites for hydroxylation is 1. The molecule has 0 aliphatic heterocycles. The molecular weight excluding hydrogens is 383 g/mol. The largest absolute Gasteiger partial charge is 0.491 e. The highest BCUT2D eigenvalue weighted by Crippen LogP contribution is 2.37. The van der Waals surface area contributed by atoms with E-state index in [1.165, 1.54) is 12.1 Å². The Balaban J connectivity index is 2.27. The van der Waals surface area contributed by atoms with Crippen LogP contribution in [0.3, 0.4) is 0 Å². The normalized spacial score (nSPS) is 12.3. The van der Waals surface area contributed by atoms with E-state index in [4.69, 9.17) is 9.84 Å². The molecule has 0 atom stereocenters. The van der Waals surface area contributed by atoms with Crippen LogP contribution in [-0.4, -0.2) is 26.7 Å². The fourth-order valence-corrected chi connectivity index (χ4v) is 3.02. The van der Waals surface area contributed by atoms with Gasteiger partial charge in [0.25, 0.3) is 10.0 Å². The number of anilines is 1. The number of hydrogen-bond donors (Lipinski definition) is 2. The molecular formula is C18H18F3NO4S. The molecule has 9 heteroatoms. The number of aliphatic hydroxyl groups excluding tert-OH is 1. The van der Waals surface area contributed by atoms with Gasteiger partial charge in [-0.3, -0.25) is 4.72 Å². The van der Waals surface area contributed by atoms with Crippen LogP contribution in [0.2, 0.25) is 0 Å². The molecule has 27 heavy (non-hydrogen) atoms. The van der Waals surface area contributed by atoms with Crippen LogP contribution >= 0.6 is 0 Å². The van der Waals surface area contributed by atoms with Gasteiger partial charge in [0.05, 0.1) is 23.3 Å². The van der Waals surface area contributed by atoms with Crippen LogP contribution in [0, 0.1) is 6.92 Å². The molecule has 0 saturated carbocycles. The molecule has 0 unspecified atom stereocenters. The summed E-state index contributed by atoms with van der Waals surface area (Å²) in [7, 11) is -4.17. The summed E-state index contributed by atoms with van der Waals surface area (Å²) in [5.74, 6) is -0.130. The number of aliphatic hydroxyl groups is 1. The van der Waals surface area contributed by atoms with Gasteiger partial charge in [0.1, 0.15) is 12.4 Å². The van der Waals surface area contributed by atoms with Gasteiger partial charge in [-0.25, -0.2) is 8.42 Å². The van der Waals surface area contributed by atoms with Crippen LogP contribution in [0.4, 0.5) is 18.9 Å². The lowest BCUT2D eigenvalue weighted by Crippen LogP contribution is -2.15. The molecule has 0 aliphatic carbocycles. The van der Waals surface area contributed by atoms with Crippen LogP contribution in [0.1, 0.15) is 16.7 Å². The Kier molecular flexibility index (Phi) is 6.50. The molecule has 0 aliphatic rings. The molecule has 5 nitrogen and oxygen atoms in total. The van der Waals surface area contributed by atoms with Gasteiger partial charge in [-0.2, -0.15) is 13.2 Å². The number of hydrogen-bond acceptors (Lipinski definition) is 4. The first kappa shape index (κ1) is 20.8. The van der Waals surface area contributed by atoms with E-state index in [0.29, 0.717) is 11.6 Å². The van der Waals surface area contributed by atoms with Crippen molar-refractivity contribution in [3.63, 3.8) is 0 Å². The molecule has 2 N–H and O–H groups in total. The minimum absolute atomic E-state index is 0.130. The first-order valence-electron chi connectivity index (χ1n) is 7.83. The minimum Gasteiger partial charge on any atom is -0.491 e. The van der Waals surface area contributed by atoms with E-state index in [0.717, 1.165) is 17.0 Å². The molecule has 0 heterocycles. The molecule has 0 bridgehead atoms. The fraction of sp³-hybridized carbons (Fsp3) is 0.222. The minimum atomic E-state index is -4.79. The summed E-state index contributed by atoms with van der Waals surface area (Å²) in [4.78, 5) is 0. The van der Waals surface area contributed by atoms with E-state index < -0.39 is 27.5 Å². The average molecular weight is 401 g/mol. The third-order valence-corrected chi connectivity index (χ3v) is 4.42. The van der Waals surface area contributed by atoms with Crippen molar-refractivity contribution in [1.29, 1.82) is 0 Å². The predicted molar refractivity (Wildman–Crippen MR) is 96.8 cm³/mol. The van der Waals surface area contributed by atoms with E-state index in [1.54, 1.807) is 24.3 Å². The van der Waals surface area contributed by atoms with E-state index in [1.807, 2.05) is 11.6 Å². The molecule has 2 rings (SSSR count). The monoisotopic (exact) mass is 401 g/mol. The highest BCUT2D eigenvalue weighted by atomic mass is 32.2. The van der Waals surface area contributed by atoms with E-state index in [-0.39, 0.29) is 19.0 Å². The fourth-order valence-electron chi connectivity index (χ4n) is 2.13. The summed E-state index contributed by atoms with van der Waals surface area (Å²) >= 11 is 0. The summed E-state index contributed by atoms with van der Waals surface area (Å²) < 4.78 is 70.9. The number of benzene rings is 2. The van der Waals surface area contributed by atoms with Gasteiger partial charge >= 0.3 is 6.18 Å². The van der Waals surface area contributed by atoms with E-state index >= 15 is 0 Å². The highest BCUT2D eigenvalue weighted by molar-refractivity contribution is 7.95. The Bertz CT molecular complexity index is 907. The summed E-state index contributed by atoms with van der Waals surface area (Å²) in [6.07, 6.45) is -3.51. The quantitative estimate of drug-likeness (QED) is 0.740. The third kappa shape index (κ3) is 6.30. The number of alkyl halides is 3. The number of rotatable bonds is 7. The van der Waals surface area contributed by atoms with E-state index in [9.17, 15) is 21.6 Å². The smallest absolute Gasteiger partial charge is 0.418 e. The second-order valence-corrected chi connectivity index (χ2v) is 7.20. The maximum Gasteiger partial charge on any atom is 0.418 e. The zero-order chi connectivity index (χ0) is 20.1. The maximum atomic E-state index is 13.3. The van der Waals surface area contributed by atoms with Gasteiger partial charge < -0.3 is 9.84 Å². The number of ether oxygens (including phenoxy) is 1. The van der Waals surface area contributed by atoms with Gasteiger partial charge in [-0.15, -0.1) is 0 Å². The van der Waals surface area contributed by atoms with Crippen LogP contribution in [0.5, 0.6) is 5.75 Å². The Labute approximate surface area is 155 Å². The molecule has 0 spiro atoms. The van der Waals surface area contributed by atoms with Crippen molar-refractivity contribution in [2.24, 2.45) is 0 Å². The van der Waals surface area contributed by atoms with Crippen LogP contribution in [-0.2, 0) is 16.2 Å². The zero-order valence-electron chi connectivity index (χ0n) is 14.3. The second kappa shape index (κ2) is 8.45. The van der Waals surface area contributed by atoms with Crippen molar-refractivity contribution >= 4 is 21.8 Å². The first-order valence-corrected chi connectivity index (χ1v) is 9.38. The standard InChI is InChI=1S/C18H18F3NO4S/c1-13-2-4-14(5-3-13)8-11-27(24,25)22-17-7-6-15(26-10-9-23)12-16(17)18(19,20)21/h2-8,11-12,22-23H,9-10H2,1H3. The molecule has 146 valence electrons. The summed E-state index contributed by atoms with van der Waals surface area (Å²) in [6.45, 7) is 1.33. The second-order valence-electron chi connectivity index (χ2n) is 5.64. The van der Waals surface area contributed by atoms with Gasteiger partial charge in [-0.05, 0) is 36.8 Å². The van der Waals surface area contributed by atoms with Crippen molar-refractivity contribution in [3.05, 3.63) is 64.6 Å². The number of halogens is 3. The molecule has 0 saturated heterocycles. The average Bonchev–Trinajstić information content (AvgIpc) is 2.59. The SMILES string of the molecule is Cc1ccc(C=CS(=O)(=O)Nc2ccc(OCCO)cc2C(F)(F)F)cc1. The highest BCUT2D eigenvalue weighted by Gasteiger charge is 2.35. The summed E-state index contributed by atoms with van der Waals surface area (Å²) in [5, 5.41) is 9.49. The molecule has 0 fully saturated rings. The summed E-state index contributed by atoms with van der Waals surface area (Å²) in [6, 6.07) is 9.78. The Morgan fingerprint density at radius 2 is 1.81 bits per heavy atom. The molecule has 2 aromatic rings. The Hall–Kier alpha value is -2.52. The molecule has 0 radical (unpaired) electrons. The maximum absolute atomic E-state index is 13.3. The first-order chi connectivity index (χ1) is 12.6. The van der Waals surface area contributed by atoms with Crippen LogP contribution < -0.4 is 9.46 Å².